The minimum atomic E-state index is -0.345. The molecule has 1 aliphatic heterocycles. The van der Waals surface area contributed by atoms with Crippen LogP contribution >= 0.6 is 0 Å². The normalized spacial score (nSPS) is 15.2. The summed E-state index contributed by atoms with van der Waals surface area (Å²) in [5, 5.41) is 2.70. The number of anilines is 1. The van der Waals surface area contributed by atoms with Gasteiger partial charge in [0.25, 0.3) is 5.91 Å². The van der Waals surface area contributed by atoms with Gasteiger partial charge in [0.15, 0.2) is 5.76 Å². The zero-order valence-corrected chi connectivity index (χ0v) is 14.0. The van der Waals surface area contributed by atoms with Gasteiger partial charge in [0.2, 0.25) is 5.91 Å². The molecule has 6 nitrogen and oxygen atoms in total. The quantitative estimate of drug-likeness (QED) is 0.922. The second-order valence-corrected chi connectivity index (χ2v) is 6.06. The molecule has 3 rings (SSSR count). The molecular formula is C18H20FN3O3. The summed E-state index contributed by atoms with van der Waals surface area (Å²) in [5.74, 6) is -0.353. The second-order valence-electron chi connectivity index (χ2n) is 6.06. The second kappa shape index (κ2) is 7.48. The van der Waals surface area contributed by atoms with E-state index in [9.17, 15) is 14.0 Å². The standard InChI is InChI=1S/C18H20FN3O3/c1-13-4-5-14(11-15(13)19)20-17(23)12-21-6-8-22(9-7-21)18(24)16-3-2-10-25-16/h2-5,10-11H,6-9,12H2,1H3,(H,20,23). The number of hydrogen-bond donors (Lipinski definition) is 1. The number of benzene rings is 1. The molecule has 0 saturated carbocycles. The molecule has 1 aliphatic rings. The fourth-order valence-corrected chi connectivity index (χ4v) is 2.74. The lowest BCUT2D eigenvalue weighted by Gasteiger charge is -2.33. The van der Waals surface area contributed by atoms with Gasteiger partial charge in [-0.05, 0) is 36.8 Å². The van der Waals surface area contributed by atoms with Gasteiger partial charge in [-0.15, -0.1) is 0 Å². The smallest absolute Gasteiger partial charge is 0.289 e. The topological polar surface area (TPSA) is 65.8 Å². The Hall–Kier alpha value is -2.67. The summed E-state index contributed by atoms with van der Waals surface area (Å²) in [6, 6.07) is 7.94. The zero-order chi connectivity index (χ0) is 17.8. The SMILES string of the molecule is Cc1ccc(NC(=O)CN2CCN(C(=O)c3ccco3)CC2)cc1F. The van der Waals surface area contributed by atoms with Crippen LogP contribution < -0.4 is 5.32 Å². The average molecular weight is 345 g/mol. The molecule has 1 N–H and O–H groups in total. The predicted molar refractivity (Wildman–Crippen MR) is 90.8 cm³/mol. The van der Waals surface area contributed by atoms with E-state index in [2.05, 4.69) is 5.32 Å². The molecule has 0 atom stereocenters. The Morgan fingerprint density at radius 2 is 1.96 bits per heavy atom. The first kappa shape index (κ1) is 17.2. The van der Waals surface area contributed by atoms with Gasteiger partial charge in [-0.25, -0.2) is 4.39 Å². The van der Waals surface area contributed by atoms with Crippen molar-refractivity contribution in [3.8, 4) is 0 Å². The molecule has 1 aromatic carbocycles. The fourth-order valence-electron chi connectivity index (χ4n) is 2.74. The van der Waals surface area contributed by atoms with E-state index in [1.165, 1.54) is 12.3 Å². The van der Waals surface area contributed by atoms with E-state index in [-0.39, 0.29) is 24.2 Å². The number of rotatable bonds is 4. The van der Waals surface area contributed by atoms with Gasteiger partial charge in [-0.2, -0.15) is 0 Å². The Kier molecular flexibility index (Phi) is 5.14. The molecule has 2 aromatic rings. The molecule has 1 fully saturated rings. The monoisotopic (exact) mass is 345 g/mol. The first-order valence-electron chi connectivity index (χ1n) is 8.14. The van der Waals surface area contributed by atoms with Crippen LogP contribution in [0.4, 0.5) is 10.1 Å². The summed E-state index contributed by atoms with van der Waals surface area (Å²) in [7, 11) is 0. The van der Waals surface area contributed by atoms with Gasteiger partial charge in [-0.1, -0.05) is 6.07 Å². The van der Waals surface area contributed by atoms with Crippen LogP contribution in [0.5, 0.6) is 0 Å². The lowest BCUT2D eigenvalue weighted by atomic mass is 10.2. The average Bonchev–Trinajstić information content (AvgIpc) is 3.13. The van der Waals surface area contributed by atoms with Crippen molar-refractivity contribution in [3.63, 3.8) is 0 Å². The van der Waals surface area contributed by atoms with Crippen LogP contribution in [-0.2, 0) is 4.79 Å². The maximum atomic E-state index is 13.5. The predicted octanol–water partition coefficient (Wildman–Crippen LogP) is 2.12. The molecule has 0 spiro atoms. The van der Waals surface area contributed by atoms with Gasteiger partial charge in [0.1, 0.15) is 5.82 Å². The Morgan fingerprint density at radius 1 is 1.20 bits per heavy atom. The molecule has 132 valence electrons. The third-order valence-corrected chi connectivity index (χ3v) is 4.21. The van der Waals surface area contributed by atoms with E-state index in [1.54, 1.807) is 36.1 Å². The minimum Gasteiger partial charge on any atom is -0.459 e. The van der Waals surface area contributed by atoms with Gasteiger partial charge in [-0.3, -0.25) is 14.5 Å². The molecular weight excluding hydrogens is 325 g/mol. The van der Waals surface area contributed by atoms with Gasteiger partial charge in [0, 0.05) is 31.9 Å². The van der Waals surface area contributed by atoms with Gasteiger partial charge >= 0.3 is 0 Å². The maximum Gasteiger partial charge on any atom is 0.289 e. The minimum absolute atomic E-state index is 0.135. The van der Waals surface area contributed by atoms with E-state index in [4.69, 9.17) is 4.42 Å². The summed E-state index contributed by atoms with van der Waals surface area (Å²) in [5.41, 5.74) is 0.982. The van der Waals surface area contributed by atoms with Crippen molar-refractivity contribution < 1.29 is 18.4 Å². The third-order valence-electron chi connectivity index (χ3n) is 4.21. The zero-order valence-electron chi connectivity index (χ0n) is 14.0. The van der Waals surface area contributed by atoms with E-state index in [0.29, 0.717) is 43.2 Å². The molecule has 25 heavy (non-hydrogen) atoms. The molecule has 1 saturated heterocycles. The highest BCUT2D eigenvalue weighted by Crippen LogP contribution is 2.14. The maximum absolute atomic E-state index is 13.5. The number of piperazine rings is 1. The number of carbonyl (C=O) groups is 2. The summed E-state index contributed by atoms with van der Waals surface area (Å²) in [6.45, 7) is 4.14. The van der Waals surface area contributed by atoms with Crippen molar-refractivity contribution >= 4 is 17.5 Å². The van der Waals surface area contributed by atoms with Crippen LogP contribution in [0.2, 0.25) is 0 Å². The fraction of sp³-hybridized carbons (Fsp3) is 0.333. The van der Waals surface area contributed by atoms with Crippen molar-refractivity contribution in [1.82, 2.24) is 9.80 Å². The molecule has 0 aliphatic carbocycles. The Morgan fingerprint density at radius 3 is 2.60 bits per heavy atom. The van der Waals surface area contributed by atoms with E-state index in [0.717, 1.165) is 0 Å². The van der Waals surface area contributed by atoms with Crippen LogP contribution in [0, 0.1) is 12.7 Å². The number of nitrogens with zero attached hydrogens (tertiary/aromatic N) is 2. The largest absolute Gasteiger partial charge is 0.459 e. The highest BCUT2D eigenvalue weighted by Gasteiger charge is 2.24. The Bertz CT molecular complexity index is 753. The number of nitrogens with one attached hydrogen (secondary N) is 1. The van der Waals surface area contributed by atoms with Crippen LogP contribution in [0.15, 0.2) is 41.0 Å². The van der Waals surface area contributed by atoms with Crippen molar-refractivity contribution in [2.75, 3.05) is 38.0 Å². The summed E-state index contributed by atoms with van der Waals surface area (Å²) in [6.07, 6.45) is 1.47. The molecule has 0 bridgehead atoms. The van der Waals surface area contributed by atoms with Crippen LogP contribution in [0.25, 0.3) is 0 Å². The van der Waals surface area contributed by atoms with E-state index < -0.39 is 0 Å². The number of furan rings is 1. The molecule has 2 heterocycles. The highest BCUT2D eigenvalue weighted by atomic mass is 19.1. The van der Waals surface area contributed by atoms with E-state index in [1.807, 2.05) is 4.90 Å². The van der Waals surface area contributed by atoms with Crippen molar-refractivity contribution in [1.29, 1.82) is 0 Å². The molecule has 0 unspecified atom stereocenters. The van der Waals surface area contributed by atoms with Crippen molar-refractivity contribution in [2.24, 2.45) is 0 Å². The van der Waals surface area contributed by atoms with Gasteiger partial charge in [0.05, 0.1) is 12.8 Å². The highest BCUT2D eigenvalue weighted by molar-refractivity contribution is 5.92. The molecule has 2 amide bonds. The number of halogens is 1. The van der Waals surface area contributed by atoms with E-state index >= 15 is 0 Å². The Balaban J connectivity index is 1.47. The first-order valence-corrected chi connectivity index (χ1v) is 8.14. The summed E-state index contributed by atoms with van der Waals surface area (Å²) >= 11 is 0. The third kappa shape index (κ3) is 4.24. The van der Waals surface area contributed by atoms with Crippen LogP contribution in [0.1, 0.15) is 16.1 Å². The van der Waals surface area contributed by atoms with Gasteiger partial charge < -0.3 is 14.6 Å². The lowest BCUT2D eigenvalue weighted by molar-refractivity contribution is -0.117. The number of hydrogen-bond acceptors (Lipinski definition) is 4. The van der Waals surface area contributed by atoms with Crippen LogP contribution in [0.3, 0.4) is 0 Å². The first-order chi connectivity index (χ1) is 12.0. The van der Waals surface area contributed by atoms with Crippen molar-refractivity contribution in [2.45, 2.75) is 6.92 Å². The molecule has 1 aromatic heterocycles. The summed E-state index contributed by atoms with van der Waals surface area (Å²) < 4.78 is 18.6. The number of aryl methyl sites for hydroxylation is 1. The Labute approximate surface area is 145 Å². The lowest BCUT2D eigenvalue weighted by Crippen LogP contribution is -2.50. The number of carbonyl (C=O) groups excluding carboxylic acids is 2. The van der Waals surface area contributed by atoms with Crippen LogP contribution in [-0.4, -0.2) is 54.3 Å². The molecule has 0 radical (unpaired) electrons. The molecule has 7 heteroatoms. The van der Waals surface area contributed by atoms with Crippen molar-refractivity contribution in [3.05, 3.63) is 53.7 Å². The number of amides is 2. The summed E-state index contributed by atoms with van der Waals surface area (Å²) in [4.78, 5) is 28.0.